The molecule has 0 saturated heterocycles. The van der Waals surface area contributed by atoms with Crippen molar-refractivity contribution in [2.75, 3.05) is 0 Å². The molecular formula is C41H25N5O. The molecule has 6 nitrogen and oxygen atoms in total. The maximum absolute atomic E-state index is 6.55. The number of fused-ring (bicyclic) bond motifs is 4. The Morgan fingerprint density at radius 3 is 1.83 bits per heavy atom. The van der Waals surface area contributed by atoms with E-state index in [1.807, 2.05) is 91.0 Å². The molecule has 0 saturated carbocycles. The van der Waals surface area contributed by atoms with Crippen molar-refractivity contribution in [3.05, 3.63) is 152 Å². The number of rotatable bonds is 5. The van der Waals surface area contributed by atoms with Gasteiger partial charge in [0.1, 0.15) is 11.2 Å². The van der Waals surface area contributed by atoms with Crippen molar-refractivity contribution in [1.82, 2.24) is 24.9 Å². The fraction of sp³-hybridized carbons (Fsp3) is 0. The van der Waals surface area contributed by atoms with E-state index in [4.69, 9.17) is 19.4 Å². The summed E-state index contributed by atoms with van der Waals surface area (Å²) < 4.78 is 6.55. The zero-order valence-corrected chi connectivity index (χ0v) is 25.1. The summed E-state index contributed by atoms with van der Waals surface area (Å²) in [6, 6.07) is 47.1. The molecule has 0 atom stereocenters. The highest BCUT2D eigenvalue weighted by Crippen LogP contribution is 2.40. The molecule has 9 rings (SSSR count). The van der Waals surface area contributed by atoms with Crippen LogP contribution in [0.1, 0.15) is 0 Å². The fourth-order valence-electron chi connectivity index (χ4n) is 6.18. The van der Waals surface area contributed by atoms with E-state index >= 15 is 0 Å². The lowest BCUT2D eigenvalue weighted by Gasteiger charge is -2.12. The molecule has 0 aliphatic carbocycles. The maximum atomic E-state index is 6.55. The summed E-state index contributed by atoms with van der Waals surface area (Å²) in [5.74, 6) is 1.75. The van der Waals surface area contributed by atoms with E-state index in [1.165, 1.54) is 0 Å². The quantitative estimate of drug-likeness (QED) is 0.195. The monoisotopic (exact) mass is 603 g/mol. The molecule has 0 aliphatic rings. The van der Waals surface area contributed by atoms with Gasteiger partial charge in [-0.1, -0.05) is 109 Å². The minimum absolute atomic E-state index is 0.545. The third-order valence-corrected chi connectivity index (χ3v) is 8.42. The van der Waals surface area contributed by atoms with E-state index in [2.05, 4.69) is 58.5 Å². The van der Waals surface area contributed by atoms with Crippen LogP contribution < -0.4 is 0 Å². The van der Waals surface area contributed by atoms with Crippen molar-refractivity contribution in [3.63, 3.8) is 0 Å². The van der Waals surface area contributed by atoms with Crippen LogP contribution in [0.2, 0.25) is 0 Å². The van der Waals surface area contributed by atoms with Gasteiger partial charge in [-0.05, 0) is 47.0 Å². The minimum atomic E-state index is 0.545. The van der Waals surface area contributed by atoms with Gasteiger partial charge in [-0.2, -0.15) is 0 Å². The Balaban J connectivity index is 1.29. The first-order valence-corrected chi connectivity index (χ1v) is 15.4. The van der Waals surface area contributed by atoms with Crippen molar-refractivity contribution >= 4 is 33.0 Å². The highest BCUT2D eigenvalue weighted by atomic mass is 16.3. The normalized spacial score (nSPS) is 11.4. The van der Waals surface area contributed by atoms with Crippen molar-refractivity contribution in [2.45, 2.75) is 0 Å². The fourth-order valence-corrected chi connectivity index (χ4v) is 6.18. The van der Waals surface area contributed by atoms with Gasteiger partial charge in [0.05, 0.1) is 16.6 Å². The summed E-state index contributed by atoms with van der Waals surface area (Å²) in [4.78, 5) is 24.2. The van der Waals surface area contributed by atoms with Gasteiger partial charge < -0.3 is 4.42 Å². The highest BCUT2D eigenvalue weighted by Gasteiger charge is 2.20. The Labute approximate surface area is 270 Å². The largest absolute Gasteiger partial charge is 0.455 e. The second-order valence-electron chi connectivity index (χ2n) is 11.3. The summed E-state index contributed by atoms with van der Waals surface area (Å²) in [6.45, 7) is 0. The molecule has 6 heteroatoms. The van der Waals surface area contributed by atoms with E-state index < -0.39 is 0 Å². The third-order valence-electron chi connectivity index (χ3n) is 8.42. The average Bonchev–Trinajstić information content (AvgIpc) is 3.53. The summed E-state index contributed by atoms with van der Waals surface area (Å²) in [6.07, 6.45) is 3.46. The van der Waals surface area contributed by atoms with Gasteiger partial charge in [0.25, 0.3) is 0 Å². The maximum Gasteiger partial charge on any atom is 0.167 e. The number of para-hydroxylation sites is 2. The SMILES string of the molecule is c1ccc(-c2nc(-c3ccccc3)nc(-c3cc(-c4cccc(-c5cccc6nccnc56)c4)cc4c3oc3ccccc34)n2)cc1. The van der Waals surface area contributed by atoms with Crippen LogP contribution >= 0.6 is 0 Å². The van der Waals surface area contributed by atoms with Crippen LogP contribution in [-0.2, 0) is 0 Å². The van der Waals surface area contributed by atoms with Gasteiger partial charge in [-0.15, -0.1) is 0 Å². The Bertz CT molecular complexity index is 2520. The molecule has 6 aromatic carbocycles. The lowest BCUT2D eigenvalue weighted by Crippen LogP contribution is -2.00. The average molecular weight is 604 g/mol. The predicted molar refractivity (Wildman–Crippen MR) is 187 cm³/mol. The Hall–Kier alpha value is -6.53. The van der Waals surface area contributed by atoms with Crippen molar-refractivity contribution in [2.24, 2.45) is 0 Å². The van der Waals surface area contributed by atoms with Crippen LogP contribution in [-0.4, -0.2) is 24.9 Å². The summed E-state index contributed by atoms with van der Waals surface area (Å²) >= 11 is 0. The van der Waals surface area contributed by atoms with E-state index in [9.17, 15) is 0 Å². The van der Waals surface area contributed by atoms with Gasteiger partial charge in [0.15, 0.2) is 17.5 Å². The van der Waals surface area contributed by atoms with E-state index in [-0.39, 0.29) is 0 Å². The number of hydrogen-bond donors (Lipinski definition) is 0. The van der Waals surface area contributed by atoms with Crippen LogP contribution in [0.25, 0.3) is 89.4 Å². The summed E-state index contributed by atoms with van der Waals surface area (Å²) in [7, 11) is 0. The van der Waals surface area contributed by atoms with Gasteiger partial charge in [0, 0.05) is 39.9 Å². The van der Waals surface area contributed by atoms with Gasteiger partial charge in [-0.3, -0.25) is 9.97 Å². The number of benzene rings is 6. The molecule has 0 radical (unpaired) electrons. The zero-order chi connectivity index (χ0) is 31.2. The van der Waals surface area contributed by atoms with Gasteiger partial charge >= 0.3 is 0 Å². The minimum Gasteiger partial charge on any atom is -0.455 e. The topological polar surface area (TPSA) is 77.6 Å². The standard InChI is InChI=1S/C41H25N5O/c1-3-11-26(12-4-1)39-44-40(27-13-5-2-6-14-27)46-41(45-39)34-25-30(24-33-32-17-7-8-20-36(32)47-38(33)34)28-15-9-16-29(23-28)31-18-10-19-35-37(31)43-22-21-42-35/h1-25H. The molecule has 220 valence electrons. The molecule has 0 aliphatic heterocycles. The molecule has 3 heterocycles. The van der Waals surface area contributed by atoms with Crippen LogP contribution in [0.15, 0.2) is 156 Å². The Kier molecular flexibility index (Phi) is 6.35. The third kappa shape index (κ3) is 4.80. The first-order valence-electron chi connectivity index (χ1n) is 15.4. The Morgan fingerprint density at radius 1 is 0.404 bits per heavy atom. The zero-order valence-electron chi connectivity index (χ0n) is 25.1. The lowest BCUT2D eigenvalue weighted by molar-refractivity contribution is 0.669. The van der Waals surface area contributed by atoms with Crippen molar-refractivity contribution in [1.29, 1.82) is 0 Å². The van der Waals surface area contributed by atoms with Crippen molar-refractivity contribution < 1.29 is 4.42 Å². The second kappa shape index (κ2) is 11.1. The molecule has 9 aromatic rings. The molecule has 0 spiro atoms. The molecule has 0 unspecified atom stereocenters. The van der Waals surface area contributed by atoms with Gasteiger partial charge in [-0.25, -0.2) is 15.0 Å². The smallest absolute Gasteiger partial charge is 0.167 e. The molecule has 3 aromatic heterocycles. The van der Waals surface area contributed by atoms with E-state index in [0.717, 1.165) is 71.9 Å². The number of hydrogen-bond acceptors (Lipinski definition) is 6. The number of nitrogens with zero attached hydrogens (tertiary/aromatic N) is 5. The second-order valence-corrected chi connectivity index (χ2v) is 11.3. The van der Waals surface area contributed by atoms with Crippen LogP contribution in [0, 0.1) is 0 Å². The van der Waals surface area contributed by atoms with E-state index in [1.54, 1.807) is 12.4 Å². The molecule has 0 fully saturated rings. The first-order chi connectivity index (χ1) is 23.3. The van der Waals surface area contributed by atoms with Crippen LogP contribution in [0.3, 0.4) is 0 Å². The predicted octanol–water partition coefficient (Wildman–Crippen LogP) is 10.0. The highest BCUT2D eigenvalue weighted by molar-refractivity contribution is 6.11. The molecule has 47 heavy (non-hydrogen) atoms. The molecule has 0 bridgehead atoms. The van der Waals surface area contributed by atoms with Crippen LogP contribution in [0.5, 0.6) is 0 Å². The van der Waals surface area contributed by atoms with Crippen molar-refractivity contribution in [3.8, 4) is 56.4 Å². The lowest BCUT2D eigenvalue weighted by atomic mass is 9.95. The Morgan fingerprint density at radius 2 is 1.04 bits per heavy atom. The van der Waals surface area contributed by atoms with Crippen LogP contribution in [0.4, 0.5) is 0 Å². The van der Waals surface area contributed by atoms with Gasteiger partial charge in [0.2, 0.25) is 0 Å². The summed E-state index contributed by atoms with van der Waals surface area (Å²) in [5.41, 5.74) is 10.1. The summed E-state index contributed by atoms with van der Waals surface area (Å²) in [5, 5.41) is 2.03. The number of furan rings is 1. The van der Waals surface area contributed by atoms with E-state index in [0.29, 0.717) is 17.5 Å². The molecule has 0 amide bonds. The molecule has 0 N–H and O–H groups in total. The first kappa shape index (κ1) is 26.8. The number of aromatic nitrogens is 5. The molecular weight excluding hydrogens is 578 g/mol.